The molecule has 1 aliphatic rings. The quantitative estimate of drug-likeness (QED) is 0.753. The molecule has 0 aliphatic heterocycles. The van der Waals surface area contributed by atoms with Gasteiger partial charge in [-0.2, -0.15) is 0 Å². The summed E-state index contributed by atoms with van der Waals surface area (Å²) >= 11 is 1.81. The van der Waals surface area contributed by atoms with E-state index in [1.54, 1.807) is 0 Å². The van der Waals surface area contributed by atoms with Crippen LogP contribution in [0.4, 0.5) is 0 Å². The minimum absolute atomic E-state index is 0.0480. The van der Waals surface area contributed by atoms with Crippen LogP contribution in [-0.4, -0.2) is 0 Å². The number of nitrogens with two attached hydrogens (primary N) is 1. The standard InChI is InChI=1S/C12H19NS/c1-9-10(4-7-14-9)12(13)6-5-11(2,3)8-12/h4,7H,5-6,8,13H2,1-3H3. The van der Waals surface area contributed by atoms with Gasteiger partial charge in [-0.15, -0.1) is 11.3 Å². The maximum absolute atomic E-state index is 6.51. The second-order valence-corrected chi connectivity index (χ2v) is 6.51. The lowest BCUT2D eigenvalue weighted by Gasteiger charge is -2.26. The van der Waals surface area contributed by atoms with Gasteiger partial charge in [0.1, 0.15) is 0 Å². The maximum atomic E-state index is 6.51. The fourth-order valence-corrected chi connectivity index (χ4v) is 3.53. The van der Waals surface area contributed by atoms with E-state index >= 15 is 0 Å². The Labute approximate surface area is 90.3 Å². The van der Waals surface area contributed by atoms with Gasteiger partial charge in [-0.05, 0) is 48.6 Å². The van der Waals surface area contributed by atoms with E-state index in [0.717, 1.165) is 12.8 Å². The molecule has 2 heteroatoms. The minimum atomic E-state index is -0.0480. The average Bonchev–Trinajstić information content (AvgIpc) is 2.57. The molecule has 1 fully saturated rings. The van der Waals surface area contributed by atoms with Crippen LogP contribution in [0.5, 0.6) is 0 Å². The van der Waals surface area contributed by atoms with Crippen molar-refractivity contribution in [2.75, 3.05) is 0 Å². The molecule has 0 bridgehead atoms. The Balaban J connectivity index is 2.32. The van der Waals surface area contributed by atoms with Crippen molar-refractivity contribution in [1.82, 2.24) is 0 Å². The molecule has 2 N–H and O–H groups in total. The van der Waals surface area contributed by atoms with Crippen molar-refractivity contribution in [2.45, 2.75) is 45.6 Å². The van der Waals surface area contributed by atoms with Crippen LogP contribution >= 0.6 is 11.3 Å². The van der Waals surface area contributed by atoms with Gasteiger partial charge < -0.3 is 5.73 Å². The smallest absolute Gasteiger partial charge is 0.0425 e. The first-order valence-electron chi connectivity index (χ1n) is 5.26. The molecule has 1 aromatic rings. The largest absolute Gasteiger partial charge is 0.321 e. The van der Waals surface area contributed by atoms with E-state index in [1.165, 1.54) is 16.9 Å². The molecule has 0 aromatic carbocycles. The zero-order valence-electron chi connectivity index (χ0n) is 9.26. The Bertz CT molecular complexity index is 340. The van der Waals surface area contributed by atoms with Gasteiger partial charge in [0, 0.05) is 10.4 Å². The van der Waals surface area contributed by atoms with E-state index in [4.69, 9.17) is 5.73 Å². The molecule has 1 atom stereocenters. The number of thiophene rings is 1. The normalized spacial score (nSPS) is 30.9. The van der Waals surface area contributed by atoms with Crippen LogP contribution in [0.3, 0.4) is 0 Å². The molecule has 2 rings (SSSR count). The molecular formula is C12H19NS. The van der Waals surface area contributed by atoms with Gasteiger partial charge in [0.25, 0.3) is 0 Å². The zero-order valence-corrected chi connectivity index (χ0v) is 10.1. The molecule has 14 heavy (non-hydrogen) atoms. The molecule has 1 saturated carbocycles. The van der Waals surface area contributed by atoms with Crippen LogP contribution in [-0.2, 0) is 5.54 Å². The van der Waals surface area contributed by atoms with Gasteiger partial charge in [-0.3, -0.25) is 0 Å². The second-order valence-electron chi connectivity index (χ2n) is 5.39. The van der Waals surface area contributed by atoms with Gasteiger partial charge in [0.2, 0.25) is 0 Å². The summed E-state index contributed by atoms with van der Waals surface area (Å²) in [5.41, 5.74) is 8.26. The SMILES string of the molecule is Cc1sccc1C1(N)CCC(C)(C)C1. The summed E-state index contributed by atoms with van der Waals surface area (Å²) in [4.78, 5) is 1.39. The van der Waals surface area contributed by atoms with Crippen molar-refractivity contribution in [2.24, 2.45) is 11.1 Å². The predicted molar refractivity (Wildman–Crippen MR) is 62.6 cm³/mol. The number of hydrogen-bond donors (Lipinski definition) is 1. The third-order valence-corrected chi connectivity index (χ3v) is 4.28. The lowest BCUT2D eigenvalue weighted by Crippen LogP contribution is -2.34. The Morgan fingerprint density at radius 2 is 2.07 bits per heavy atom. The molecule has 0 radical (unpaired) electrons. The number of rotatable bonds is 1. The Morgan fingerprint density at radius 1 is 1.36 bits per heavy atom. The molecule has 1 unspecified atom stereocenters. The van der Waals surface area contributed by atoms with E-state index in [0.29, 0.717) is 5.41 Å². The first-order valence-corrected chi connectivity index (χ1v) is 6.14. The van der Waals surface area contributed by atoms with Crippen LogP contribution in [0.2, 0.25) is 0 Å². The van der Waals surface area contributed by atoms with Crippen molar-refractivity contribution in [1.29, 1.82) is 0 Å². The van der Waals surface area contributed by atoms with Crippen molar-refractivity contribution >= 4 is 11.3 Å². The first kappa shape index (κ1) is 10.2. The average molecular weight is 209 g/mol. The van der Waals surface area contributed by atoms with Gasteiger partial charge in [-0.25, -0.2) is 0 Å². The Kier molecular flexibility index (Phi) is 2.24. The molecule has 1 aliphatic carbocycles. The summed E-state index contributed by atoms with van der Waals surface area (Å²) in [5, 5.41) is 2.16. The molecular weight excluding hydrogens is 190 g/mol. The van der Waals surface area contributed by atoms with Gasteiger partial charge in [0.05, 0.1) is 0 Å². The van der Waals surface area contributed by atoms with Crippen LogP contribution in [0.25, 0.3) is 0 Å². The van der Waals surface area contributed by atoms with E-state index < -0.39 is 0 Å². The molecule has 1 nitrogen and oxygen atoms in total. The van der Waals surface area contributed by atoms with Gasteiger partial charge in [0.15, 0.2) is 0 Å². The van der Waals surface area contributed by atoms with Crippen molar-refractivity contribution in [3.63, 3.8) is 0 Å². The number of hydrogen-bond acceptors (Lipinski definition) is 2. The molecule has 1 heterocycles. The third kappa shape index (κ3) is 1.61. The number of aryl methyl sites for hydroxylation is 1. The molecule has 0 saturated heterocycles. The van der Waals surface area contributed by atoms with Crippen molar-refractivity contribution < 1.29 is 0 Å². The summed E-state index contributed by atoms with van der Waals surface area (Å²) in [6.07, 6.45) is 3.51. The van der Waals surface area contributed by atoms with E-state index in [2.05, 4.69) is 32.2 Å². The van der Waals surface area contributed by atoms with Gasteiger partial charge >= 0.3 is 0 Å². The van der Waals surface area contributed by atoms with Crippen molar-refractivity contribution in [3.05, 3.63) is 21.9 Å². The van der Waals surface area contributed by atoms with E-state index in [-0.39, 0.29) is 5.54 Å². The fraction of sp³-hybridized carbons (Fsp3) is 0.667. The lowest BCUT2D eigenvalue weighted by molar-refractivity contribution is 0.339. The molecule has 1 aromatic heterocycles. The summed E-state index contributed by atoms with van der Waals surface area (Å²) in [5.74, 6) is 0. The van der Waals surface area contributed by atoms with Crippen LogP contribution in [0.15, 0.2) is 11.4 Å². The van der Waals surface area contributed by atoms with Crippen LogP contribution in [0, 0.1) is 12.3 Å². The topological polar surface area (TPSA) is 26.0 Å². The Hall–Kier alpha value is -0.340. The Morgan fingerprint density at radius 3 is 2.50 bits per heavy atom. The van der Waals surface area contributed by atoms with E-state index in [9.17, 15) is 0 Å². The van der Waals surface area contributed by atoms with Crippen molar-refractivity contribution in [3.8, 4) is 0 Å². The second kappa shape index (κ2) is 3.07. The summed E-state index contributed by atoms with van der Waals surface area (Å²) in [7, 11) is 0. The highest BCUT2D eigenvalue weighted by atomic mass is 32.1. The lowest BCUT2D eigenvalue weighted by atomic mass is 9.84. The van der Waals surface area contributed by atoms with Crippen LogP contribution < -0.4 is 5.73 Å². The first-order chi connectivity index (χ1) is 6.43. The third-order valence-electron chi connectivity index (χ3n) is 3.44. The highest BCUT2D eigenvalue weighted by Gasteiger charge is 2.42. The summed E-state index contributed by atoms with van der Waals surface area (Å²) in [6, 6.07) is 2.21. The summed E-state index contributed by atoms with van der Waals surface area (Å²) in [6.45, 7) is 6.83. The van der Waals surface area contributed by atoms with Gasteiger partial charge in [-0.1, -0.05) is 13.8 Å². The zero-order chi connectivity index (χ0) is 10.4. The highest BCUT2D eigenvalue weighted by Crippen LogP contribution is 2.48. The maximum Gasteiger partial charge on any atom is 0.0425 e. The highest BCUT2D eigenvalue weighted by molar-refractivity contribution is 7.10. The van der Waals surface area contributed by atoms with E-state index in [1.807, 2.05) is 11.3 Å². The fourth-order valence-electron chi connectivity index (χ4n) is 2.72. The summed E-state index contributed by atoms with van der Waals surface area (Å²) < 4.78 is 0. The minimum Gasteiger partial charge on any atom is -0.321 e. The molecule has 78 valence electrons. The monoisotopic (exact) mass is 209 g/mol. The predicted octanol–water partition coefficient (Wildman–Crippen LogP) is 3.42. The molecule has 0 amide bonds. The van der Waals surface area contributed by atoms with Crippen LogP contribution in [0.1, 0.15) is 43.6 Å². The molecule has 0 spiro atoms.